The molecule has 3 amide bonds. The van der Waals surface area contributed by atoms with E-state index >= 15 is 0 Å². The standard InChI is InChI=1S/C31H39N5O4/c1-35(2)25-13-7-11-23(15-25)18-32-19-29(37)27(17-22-9-5-4-6-10-22)33-30(38)28-21-36(31(39)34-28)20-24-12-8-14-26(16-24)40-3/h4-16,27-29,32,37H,17-21H2,1-3H3,(H,33,38)(H,34,39)/p+1/t27-,28-,29+/m0/s1. The molecule has 3 atom stereocenters. The Labute approximate surface area is 236 Å². The van der Waals surface area contributed by atoms with Crippen molar-refractivity contribution in [1.82, 2.24) is 15.5 Å². The molecule has 0 unspecified atom stereocenters. The quantitative estimate of drug-likeness (QED) is 0.260. The third-order valence-corrected chi connectivity index (χ3v) is 7.12. The van der Waals surface area contributed by atoms with Gasteiger partial charge in [-0.15, -0.1) is 0 Å². The first-order valence-corrected chi connectivity index (χ1v) is 13.6. The summed E-state index contributed by atoms with van der Waals surface area (Å²) in [4.78, 5) is 29.6. The van der Waals surface area contributed by atoms with Crippen LogP contribution in [0.4, 0.5) is 10.5 Å². The molecule has 3 aromatic carbocycles. The summed E-state index contributed by atoms with van der Waals surface area (Å²) in [6.07, 6.45) is -0.308. The minimum absolute atomic E-state index is 0.240. The maximum Gasteiger partial charge on any atom is 0.318 e. The molecule has 212 valence electrons. The topological polar surface area (TPSA) is 111 Å². The average Bonchev–Trinajstić information content (AvgIpc) is 3.33. The minimum Gasteiger partial charge on any atom is -0.497 e. The van der Waals surface area contributed by atoms with E-state index in [0.29, 0.717) is 31.8 Å². The second kappa shape index (κ2) is 13.8. The number of nitrogens with zero attached hydrogens (tertiary/aromatic N) is 2. The highest BCUT2D eigenvalue weighted by Gasteiger charge is 2.35. The van der Waals surface area contributed by atoms with Crippen molar-refractivity contribution in [3.05, 3.63) is 95.6 Å². The van der Waals surface area contributed by atoms with Gasteiger partial charge in [-0.05, 0) is 41.8 Å². The highest BCUT2D eigenvalue weighted by Crippen LogP contribution is 2.17. The van der Waals surface area contributed by atoms with Crippen LogP contribution in [-0.4, -0.2) is 74.4 Å². The van der Waals surface area contributed by atoms with Gasteiger partial charge in [0.2, 0.25) is 5.91 Å². The summed E-state index contributed by atoms with van der Waals surface area (Å²) in [5.74, 6) is 0.409. The molecule has 1 fully saturated rings. The predicted octanol–water partition coefficient (Wildman–Crippen LogP) is 1.51. The first-order valence-electron chi connectivity index (χ1n) is 13.6. The van der Waals surface area contributed by atoms with E-state index in [1.165, 1.54) is 0 Å². The molecule has 0 saturated carbocycles. The summed E-state index contributed by atoms with van der Waals surface area (Å²) in [7, 11) is 5.62. The highest BCUT2D eigenvalue weighted by atomic mass is 16.5. The maximum atomic E-state index is 13.3. The summed E-state index contributed by atoms with van der Waals surface area (Å²) in [6.45, 7) is 1.74. The molecule has 1 heterocycles. The molecule has 0 aliphatic carbocycles. The van der Waals surface area contributed by atoms with Gasteiger partial charge in [-0.3, -0.25) is 4.79 Å². The van der Waals surface area contributed by atoms with Gasteiger partial charge in [0, 0.05) is 31.9 Å². The molecule has 1 aliphatic rings. The molecule has 0 radical (unpaired) electrons. The number of amides is 3. The molecular weight excluding hydrogens is 506 g/mol. The molecule has 3 aromatic rings. The van der Waals surface area contributed by atoms with Gasteiger partial charge < -0.3 is 35.6 Å². The number of carbonyl (C=O) groups is 2. The Kier molecular flexibility index (Phi) is 9.99. The monoisotopic (exact) mass is 546 g/mol. The molecule has 1 aliphatic heterocycles. The fourth-order valence-corrected chi connectivity index (χ4v) is 4.85. The van der Waals surface area contributed by atoms with Crippen molar-refractivity contribution in [3.63, 3.8) is 0 Å². The fraction of sp³-hybridized carbons (Fsp3) is 0.355. The molecule has 0 aromatic heterocycles. The average molecular weight is 547 g/mol. The Hall–Kier alpha value is -4.08. The highest BCUT2D eigenvalue weighted by molar-refractivity contribution is 5.90. The van der Waals surface area contributed by atoms with Crippen LogP contribution >= 0.6 is 0 Å². The van der Waals surface area contributed by atoms with Gasteiger partial charge in [-0.2, -0.15) is 0 Å². The van der Waals surface area contributed by atoms with Crippen LogP contribution in [0.2, 0.25) is 0 Å². The summed E-state index contributed by atoms with van der Waals surface area (Å²) >= 11 is 0. The lowest BCUT2D eigenvalue weighted by Crippen LogP contribution is -2.85. The Morgan fingerprint density at radius 3 is 2.55 bits per heavy atom. The Bertz CT molecular complexity index is 1270. The van der Waals surface area contributed by atoms with Gasteiger partial charge in [-0.25, -0.2) is 4.79 Å². The van der Waals surface area contributed by atoms with E-state index in [1.807, 2.05) is 74.8 Å². The minimum atomic E-state index is -0.786. The zero-order valence-electron chi connectivity index (χ0n) is 23.4. The molecule has 5 N–H and O–H groups in total. The Morgan fingerprint density at radius 1 is 1.07 bits per heavy atom. The number of hydrogen-bond acceptors (Lipinski definition) is 5. The smallest absolute Gasteiger partial charge is 0.318 e. The maximum absolute atomic E-state index is 13.3. The van der Waals surface area contributed by atoms with Crippen LogP contribution in [0, 0.1) is 0 Å². The van der Waals surface area contributed by atoms with Crippen molar-refractivity contribution >= 4 is 17.6 Å². The van der Waals surface area contributed by atoms with E-state index in [9.17, 15) is 14.7 Å². The molecule has 0 bridgehead atoms. The first kappa shape index (κ1) is 28.9. The summed E-state index contributed by atoms with van der Waals surface area (Å²) in [5, 5.41) is 19.0. The van der Waals surface area contributed by atoms with Crippen LogP contribution < -0.4 is 25.6 Å². The van der Waals surface area contributed by atoms with Crippen molar-refractivity contribution in [2.24, 2.45) is 0 Å². The molecule has 9 nitrogen and oxygen atoms in total. The van der Waals surface area contributed by atoms with Crippen molar-refractivity contribution in [2.45, 2.75) is 37.7 Å². The number of ether oxygens (including phenoxy) is 1. The van der Waals surface area contributed by atoms with Gasteiger partial charge >= 0.3 is 6.03 Å². The van der Waals surface area contributed by atoms with Crippen LogP contribution in [-0.2, 0) is 24.3 Å². The number of anilines is 1. The number of methoxy groups -OCH3 is 1. The van der Waals surface area contributed by atoms with Crippen LogP contribution in [0.15, 0.2) is 78.9 Å². The lowest BCUT2D eigenvalue weighted by molar-refractivity contribution is -0.676. The third kappa shape index (κ3) is 7.97. The predicted molar refractivity (Wildman–Crippen MR) is 155 cm³/mol. The molecule has 1 saturated heterocycles. The number of nitrogens with two attached hydrogens (primary N) is 1. The molecule has 40 heavy (non-hydrogen) atoms. The van der Waals surface area contributed by atoms with E-state index < -0.39 is 18.2 Å². The van der Waals surface area contributed by atoms with Crippen molar-refractivity contribution < 1.29 is 24.7 Å². The third-order valence-electron chi connectivity index (χ3n) is 7.12. The van der Waals surface area contributed by atoms with Crippen LogP contribution in [0.3, 0.4) is 0 Å². The lowest BCUT2D eigenvalue weighted by atomic mass is 10.0. The molecule has 9 heteroatoms. The van der Waals surface area contributed by atoms with Crippen LogP contribution in [0.1, 0.15) is 16.7 Å². The number of quaternary nitrogens is 1. The Morgan fingerprint density at radius 2 is 1.80 bits per heavy atom. The number of aliphatic hydroxyl groups is 1. The van der Waals surface area contributed by atoms with Gasteiger partial charge in [0.15, 0.2) is 0 Å². The van der Waals surface area contributed by atoms with Crippen molar-refractivity contribution in [1.29, 1.82) is 0 Å². The fourth-order valence-electron chi connectivity index (χ4n) is 4.85. The van der Waals surface area contributed by atoms with E-state index in [1.54, 1.807) is 12.0 Å². The summed E-state index contributed by atoms with van der Waals surface area (Å²) in [5.41, 5.74) is 4.21. The molecular formula is C31H40N5O4+. The second-order valence-electron chi connectivity index (χ2n) is 10.4. The number of carbonyl (C=O) groups excluding carboxylic acids is 2. The zero-order valence-corrected chi connectivity index (χ0v) is 23.4. The van der Waals surface area contributed by atoms with Crippen molar-refractivity contribution in [3.8, 4) is 5.75 Å². The lowest BCUT2D eigenvalue weighted by Gasteiger charge is -2.25. The number of hydrogen-bond donors (Lipinski definition) is 4. The number of urea groups is 1. The van der Waals surface area contributed by atoms with E-state index in [2.05, 4.69) is 39.0 Å². The summed E-state index contributed by atoms with van der Waals surface area (Å²) < 4.78 is 5.28. The molecule has 4 rings (SSSR count). The normalized spacial score (nSPS) is 16.2. The number of benzene rings is 3. The van der Waals surface area contributed by atoms with E-state index in [-0.39, 0.29) is 18.5 Å². The van der Waals surface area contributed by atoms with Gasteiger partial charge in [0.05, 0.1) is 19.7 Å². The largest absolute Gasteiger partial charge is 0.497 e. The Balaban J connectivity index is 1.37. The summed E-state index contributed by atoms with van der Waals surface area (Å²) in [6, 6.07) is 24.1. The number of rotatable bonds is 13. The number of aliphatic hydroxyl groups excluding tert-OH is 1. The number of nitrogens with one attached hydrogen (secondary N) is 2. The SMILES string of the molecule is COc1cccc(CN2C[C@@H](C(=O)N[C@@H](Cc3ccccc3)[C@H](O)C[NH2+]Cc3cccc(N(C)C)c3)NC2=O)c1. The first-order chi connectivity index (χ1) is 19.3. The van der Waals surface area contributed by atoms with E-state index in [0.717, 1.165) is 22.4 Å². The zero-order chi connectivity index (χ0) is 28.5. The van der Waals surface area contributed by atoms with Gasteiger partial charge in [-0.1, -0.05) is 54.6 Å². The van der Waals surface area contributed by atoms with Crippen LogP contribution in [0.5, 0.6) is 5.75 Å². The van der Waals surface area contributed by atoms with Gasteiger partial charge in [0.25, 0.3) is 0 Å². The second-order valence-corrected chi connectivity index (χ2v) is 10.4. The van der Waals surface area contributed by atoms with Crippen molar-refractivity contribution in [2.75, 3.05) is 39.2 Å². The molecule has 0 spiro atoms. The van der Waals surface area contributed by atoms with Gasteiger partial charge in [0.1, 0.15) is 31.0 Å². The van der Waals surface area contributed by atoms with E-state index in [4.69, 9.17) is 4.74 Å². The van der Waals surface area contributed by atoms with Crippen LogP contribution in [0.25, 0.3) is 0 Å².